The maximum Gasteiger partial charge on any atom is 0.338 e. The molecule has 0 atom stereocenters. The summed E-state index contributed by atoms with van der Waals surface area (Å²) < 4.78 is 0. The highest BCUT2D eigenvalue weighted by Gasteiger charge is 2.20. The average molecular weight is 375 g/mol. The molecule has 0 radical (unpaired) electrons. The number of fused-ring (bicyclic) bond motifs is 1. The van der Waals surface area contributed by atoms with Crippen LogP contribution in [0.25, 0.3) is 16.3 Å². The molecule has 0 bridgehead atoms. The van der Waals surface area contributed by atoms with E-state index in [0.29, 0.717) is 5.57 Å². The molecule has 0 unspecified atom stereocenters. The van der Waals surface area contributed by atoms with Crippen molar-refractivity contribution in [2.75, 3.05) is 5.32 Å². The summed E-state index contributed by atoms with van der Waals surface area (Å²) in [5, 5.41) is 23.1. The zero-order chi connectivity index (χ0) is 20.3. The van der Waals surface area contributed by atoms with Crippen LogP contribution < -0.4 is 5.32 Å². The fourth-order valence-electron chi connectivity index (χ4n) is 2.95. The van der Waals surface area contributed by atoms with Crippen molar-refractivity contribution >= 4 is 39.9 Å². The second-order valence-electron chi connectivity index (χ2n) is 6.22. The number of allylic oxidation sites excluding steroid dienone is 1. The monoisotopic (exact) mass is 375 g/mol. The van der Waals surface area contributed by atoms with Crippen LogP contribution in [0.15, 0.2) is 66.7 Å². The number of carbonyl (C=O) groups is 3. The molecule has 0 heterocycles. The van der Waals surface area contributed by atoms with E-state index in [1.807, 2.05) is 42.5 Å². The predicted molar refractivity (Wildman–Crippen MR) is 107 cm³/mol. The molecule has 0 aliphatic rings. The molecule has 1 amide bonds. The van der Waals surface area contributed by atoms with Crippen molar-refractivity contribution in [3.8, 4) is 0 Å². The van der Waals surface area contributed by atoms with E-state index in [1.165, 1.54) is 24.3 Å². The van der Waals surface area contributed by atoms with Gasteiger partial charge in [0.25, 0.3) is 0 Å². The van der Waals surface area contributed by atoms with Gasteiger partial charge in [-0.1, -0.05) is 42.5 Å². The van der Waals surface area contributed by atoms with E-state index in [0.717, 1.165) is 16.3 Å². The number of rotatable bonds is 5. The summed E-state index contributed by atoms with van der Waals surface area (Å²) in [4.78, 5) is 35.1. The second kappa shape index (κ2) is 7.75. The predicted octanol–water partition coefficient (Wildman–Crippen LogP) is 4.28. The first-order chi connectivity index (χ1) is 13.4. The van der Waals surface area contributed by atoms with Crippen molar-refractivity contribution in [3.63, 3.8) is 0 Å². The maximum atomic E-state index is 12.4. The van der Waals surface area contributed by atoms with Crippen LogP contribution in [0.3, 0.4) is 0 Å². The summed E-state index contributed by atoms with van der Waals surface area (Å²) in [5.74, 6) is -3.35. The lowest BCUT2D eigenvalue weighted by molar-refractivity contribution is -0.111. The summed E-state index contributed by atoms with van der Waals surface area (Å²) in [6.07, 6.45) is 1.35. The molecule has 28 heavy (non-hydrogen) atoms. The quantitative estimate of drug-likeness (QED) is 0.578. The maximum absolute atomic E-state index is 12.4. The van der Waals surface area contributed by atoms with Gasteiger partial charge >= 0.3 is 11.9 Å². The van der Waals surface area contributed by atoms with Crippen molar-refractivity contribution in [2.45, 2.75) is 6.92 Å². The van der Waals surface area contributed by atoms with Crippen LogP contribution in [0.4, 0.5) is 5.69 Å². The van der Waals surface area contributed by atoms with Crippen LogP contribution in [-0.2, 0) is 4.79 Å². The van der Waals surface area contributed by atoms with Gasteiger partial charge in [0.15, 0.2) is 0 Å². The Labute approximate surface area is 160 Å². The third-order valence-electron chi connectivity index (χ3n) is 4.32. The van der Waals surface area contributed by atoms with Crippen LogP contribution in [0, 0.1) is 0 Å². The van der Waals surface area contributed by atoms with Gasteiger partial charge in [-0.25, -0.2) is 9.59 Å². The molecule has 3 N–H and O–H groups in total. The van der Waals surface area contributed by atoms with Crippen LogP contribution in [0.2, 0.25) is 0 Å². The Morgan fingerprint density at radius 2 is 1.57 bits per heavy atom. The fourth-order valence-corrected chi connectivity index (χ4v) is 2.95. The van der Waals surface area contributed by atoms with Gasteiger partial charge in [-0.05, 0) is 47.0 Å². The highest BCUT2D eigenvalue weighted by Crippen LogP contribution is 2.23. The van der Waals surface area contributed by atoms with Crippen LogP contribution in [-0.4, -0.2) is 28.1 Å². The Bertz CT molecular complexity index is 1130. The van der Waals surface area contributed by atoms with Gasteiger partial charge < -0.3 is 15.5 Å². The Morgan fingerprint density at radius 3 is 2.25 bits per heavy atom. The number of amides is 1. The van der Waals surface area contributed by atoms with E-state index in [1.54, 1.807) is 6.92 Å². The number of hydrogen-bond acceptors (Lipinski definition) is 3. The number of carboxylic acids is 2. The first kappa shape index (κ1) is 18.8. The fraction of sp³-hybridized carbons (Fsp3) is 0.0455. The van der Waals surface area contributed by atoms with E-state index in [2.05, 4.69) is 5.32 Å². The minimum Gasteiger partial charge on any atom is -0.478 e. The molecule has 0 saturated heterocycles. The third kappa shape index (κ3) is 3.91. The van der Waals surface area contributed by atoms with E-state index in [4.69, 9.17) is 5.11 Å². The van der Waals surface area contributed by atoms with Gasteiger partial charge in [0, 0.05) is 6.08 Å². The van der Waals surface area contributed by atoms with Crippen molar-refractivity contribution in [1.29, 1.82) is 0 Å². The lowest BCUT2D eigenvalue weighted by Crippen LogP contribution is -2.16. The summed E-state index contributed by atoms with van der Waals surface area (Å²) in [6, 6.07) is 17.6. The number of anilines is 1. The van der Waals surface area contributed by atoms with E-state index < -0.39 is 23.4 Å². The molecule has 0 saturated carbocycles. The van der Waals surface area contributed by atoms with Gasteiger partial charge in [-0.3, -0.25) is 4.79 Å². The van der Waals surface area contributed by atoms with Crippen molar-refractivity contribution < 1.29 is 24.6 Å². The molecule has 0 aromatic heterocycles. The summed E-state index contributed by atoms with van der Waals surface area (Å²) >= 11 is 0. The molecule has 3 rings (SSSR count). The van der Waals surface area contributed by atoms with Crippen LogP contribution in [0.1, 0.15) is 33.2 Å². The van der Waals surface area contributed by atoms with Crippen molar-refractivity contribution in [3.05, 3.63) is 83.4 Å². The molecule has 140 valence electrons. The van der Waals surface area contributed by atoms with Crippen LogP contribution in [0.5, 0.6) is 0 Å². The number of hydrogen-bond donors (Lipinski definition) is 3. The van der Waals surface area contributed by atoms with Gasteiger partial charge in [-0.2, -0.15) is 0 Å². The van der Waals surface area contributed by atoms with Gasteiger partial charge in [-0.15, -0.1) is 0 Å². The van der Waals surface area contributed by atoms with Gasteiger partial charge in [0.2, 0.25) is 5.91 Å². The molecule has 0 aliphatic heterocycles. The number of carboxylic acid groups (broad SMARTS) is 2. The summed E-state index contributed by atoms with van der Waals surface area (Å²) in [6.45, 7) is 1.77. The molecule has 0 aliphatic carbocycles. The SMILES string of the molecule is C/C(=C/C(=O)Nc1cccc(C(=O)O)c1C(=O)O)c1ccc2ccccc2c1. The molecule has 6 nitrogen and oxygen atoms in total. The molecular weight excluding hydrogens is 358 g/mol. The zero-order valence-electron chi connectivity index (χ0n) is 15.0. The van der Waals surface area contributed by atoms with Crippen LogP contribution >= 0.6 is 0 Å². The number of aromatic carboxylic acids is 2. The summed E-state index contributed by atoms with van der Waals surface area (Å²) in [7, 11) is 0. The third-order valence-corrected chi connectivity index (χ3v) is 4.32. The van der Waals surface area contributed by atoms with E-state index >= 15 is 0 Å². The number of benzene rings is 3. The lowest BCUT2D eigenvalue weighted by atomic mass is 10.0. The second-order valence-corrected chi connectivity index (χ2v) is 6.22. The Balaban J connectivity index is 1.89. The summed E-state index contributed by atoms with van der Waals surface area (Å²) in [5.41, 5.74) is 0.627. The van der Waals surface area contributed by atoms with Crippen molar-refractivity contribution in [1.82, 2.24) is 0 Å². The smallest absolute Gasteiger partial charge is 0.338 e. The molecule has 3 aromatic rings. The minimum absolute atomic E-state index is 0.0695. The molecular formula is C22H17NO5. The molecule has 6 heteroatoms. The highest BCUT2D eigenvalue weighted by atomic mass is 16.4. The molecule has 0 fully saturated rings. The standard InChI is InChI=1S/C22H17NO5/c1-13(15-10-9-14-5-2-3-6-16(14)12-15)11-19(24)23-18-8-4-7-17(21(25)26)20(18)22(27)28/h2-12H,1H3,(H,23,24)(H,25,26)(H,27,28)/b13-11-. The molecule has 0 spiro atoms. The number of nitrogens with one attached hydrogen (secondary N) is 1. The zero-order valence-corrected chi connectivity index (χ0v) is 15.0. The molecule has 3 aromatic carbocycles. The largest absolute Gasteiger partial charge is 0.478 e. The highest BCUT2D eigenvalue weighted by molar-refractivity contribution is 6.11. The number of carbonyl (C=O) groups excluding carboxylic acids is 1. The minimum atomic E-state index is -1.43. The van der Waals surface area contributed by atoms with Crippen molar-refractivity contribution in [2.24, 2.45) is 0 Å². The average Bonchev–Trinajstić information content (AvgIpc) is 2.67. The Hall–Kier alpha value is -3.93. The van der Waals surface area contributed by atoms with Gasteiger partial charge in [0.1, 0.15) is 0 Å². The first-order valence-electron chi connectivity index (χ1n) is 8.45. The first-order valence-corrected chi connectivity index (χ1v) is 8.45. The normalized spacial score (nSPS) is 11.2. The van der Waals surface area contributed by atoms with E-state index in [-0.39, 0.29) is 11.3 Å². The van der Waals surface area contributed by atoms with E-state index in [9.17, 15) is 19.5 Å². The van der Waals surface area contributed by atoms with Gasteiger partial charge in [0.05, 0.1) is 16.8 Å². The Kier molecular flexibility index (Phi) is 5.22. The Morgan fingerprint density at radius 1 is 0.857 bits per heavy atom. The topological polar surface area (TPSA) is 104 Å². The lowest BCUT2D eigenvalue weighted by Gasteiger charge is -2.10.